The van der Waals surface area contributed by atoms with Crippen molar-refractivity contribution < 1.29 is 19.8 Å². The molecule has 0 aliphatic heterocycles. The fourth-order valence-electron chi connectivity index (χ4n) is 1.82. The van der Waals surface area contributed by atoms with Crippen LogP contribution >= 0.6 is 12.4 Å². The fourth-order valence-corrected chi connectivity index (χ4v) is 1.82. The molecule has 0 radical (unpaired) electrons. The lowest BCUT2D eigenvalue weighted by Gasteiger charge is -2.13. The van der Waals surface area contributed by atoms with Gasteiger partial charge >= 0.3 is 0 Å². The summed E-state index contributed by atoms with van der Waals surface area (Å²) in [6.45, 7) is 1.04. The van der Waals surface area contributed by atoms with E-state index in [9.17, 15) is 14.7 Å². The number of carbonyl (C=O) groups excluding carboxylic acids is 2. The number of carbonyl (C=O) groups is 2. The van der Waals surface area contributed by atoms with Gasteiger partial charge in [-0.05, 0) is 25.7 Å². The molecule has 0 aromatic rings. The van der Waals surface area contributed by atoms with E-state index in [2.05, 4.69) is 16.0 Å². The van der Waals surface area contributed by atoms with Gasteiger partial charge in [0.15, 0.2) is 5.96 Å². The minimum atomic E-state index is -1.55. The average Bonchev–Trinajstić information content (AvgIpc) is 2.50. The number of aliphatic hydroxyl groups excluding tert-OH is 2. The zero-order valence-electron chi connectivity index (χ0n) is 13.8. The Hall–Kier alpha value is -1.58. The van der Waals surface area contributed by atoms with Crippen molar-refractivity contribution in [3.63, 3.8) is 0 Å². The predicted octanol–water partition coefficient (Wildman–Crippen LogP) is -0.835. The molecule has 1 unspecified atom stereocenters. The first kappa shape index (κ1) is 24.7. The molecule has 1 atom stereocenters. The summed E-state index contributed by atoms with van der Waals surface area (Å²) >= 11 is 0. The number of nitrogens with two attached hydrogens (primary N) is 1. The highest BCUT2D eigenvalue weighted by Gasteiger charge is 2.16. The molecule has 0 bridgehead atoms. The van der Waals surface area contributed by atoms with Crippen LogP contribution in [0.25, 0.3) is 0 Å². The van der Waals surface area contributed by atoms with Gasteiger partial charge in [-0.3, -0.25) is 15.0 Å². The molecule has 0 aromatic heterocycles. The molecule has 2 amide bonds. The van der Waals surface area contributed by atoms with E-state index in [4.69, 9.17) is 16.2 Å². The van der Waals surface area contributed by atoms with Crippen LogP contribution in [-0.4, -0.2) is 53.9 Å². The van der Waals surface area contributed by atoms with Crippen LogP contribution in [0.4, 0.5) is 0 Å². The molecular formula is C14H30ClN5O4. The molecule has 142 valence electrons. The van der Waals surface area contributed by atoms with E-state index in [1.54, 1.807) is 0 Å². The molecule has 0 aliphatic carbocycles. The van der Waals surface area contributed by atoms with Gasteiger partial charge in [0.25, 0.3) is 5.91 Å². The van der Waals surface area contributed by atoms with Crippen LogP contribution in [0.5, 0.6) is 0 Å². The van der Waals surface area contributed by atoms with Gasteiger partial charge in [0.1, 0.15) is 0 Å². The van der Waals surface area contributed by atoms with E-state index < -0.39 is 12.1 Å². The summed E-state index contributed by atoms with van der Waals surface area (Å²) in [6, 6.07) is 0. The van der Waals surface area contributed by atoms with Crippen LogP contribution in [0.1, 0.15) is 44.9 Å². The summed E-state index contributed by atoms with van der Waals surface area (Å²) in [5.41, 5.74) is 5.14. The van der Waals surface area contributed by atoms with Crippen LogP contribution in [0.2, 0.25) is 0 Å². The third-order valence-electron chi connectivity index (χ3n) is 3.08. The minimum absolute atomic E-state index is 0. The van der Waals surface area contributed by atoms with Crippen molar-refractivity contribution >= 4 is 30.2 Å². The number of rotatable bonds is 13. The summed E-state index contributed by atoms with van der Waals surface area (Å²) in [7, 11) is 0. The molecule has 0 saturated carbocycles. The number of nitrogens with one attached hydrogen (secondary N) is 4. The minimum Gasteiger partial charge on any atom is -0.396 e. The van der Waals surface area contributed by atoms with Gasteiger partial charge in [-0.15, -0.1) is 12.4 Å². The number of unbranched alkanes of at least 4 members (excludes halogenated alkanes) is 4. The Bertz CT molecular complexity index is 371. The van der Waals surface area contributed by atoms with Crippen LogP contribution < -0.4 is 21.7 Å². The highest BCUT2D eigenvalue weighted by atomic mass is 35.5. The third kappa shape index (κ3) is 15.3. The Morgan fingerprint density at radius 2 is 1.58 bits per heavy atom. The molecule has 0 rings (SSSR count). The second-order valence-corrected chi connectivity index (χ2v) is 5.20. The number of hydrogen-bond donors (Lipinski definition) is 7. The normalized spacial score (nSPS) is 11.1. The number of guanidine groups is 1. The molecular weight excluding hydrogens is 338 g/mol. The molecule has 0 heterocycles. The number of aliphatic hydroxyl groups is 2. The standard InChI is InChI=1S/C14H29N5O4.ClH/c15-14(16)18-9-4-2-1-3-7-11(21)19-13(23)12(22)17-8-5-6-10-20;/h13,20,23H,1-10H2,(H,17,22)(H,19,21)(H4,15,16,18);1H. The van der Waals surface area contributed by atoms with Crippen LogP contribution in [0.3, 0.4) is 0 Å². The van der Waals surface area contributed by atoms with Gasteiger partial charge in [-0.25, -0.2) is 0 Å². The summed E-state index contributed by atoms with van der Waals surface area (Å²) in [5.74, 6) is -1.07. The van der Waals surface area contributed by atoms with Gasteiger partial charge in [0, 0.05) is 26.1 Å². The monoisotopic (exact) mass is 367 g/mol. The molecule has 0 aromatic carbocycles. The van der Waals surface area contributed by atoms with Crippen molar-refractivity contribution in [2.24, 2.45) is 5.73 Å². The van der Waals surface area contributed by atoms with E-state index in [0.29, 0.717) is 32.4 Å². The second-order valence-electron chi connectivity index (χ2n) is 5.20. The van der Waals surface area contributed by atoms with Gasteiger partial charge in [0.2, 0.25) is 12.1 Å². The van der Waals surface area contributed by atoms with Gasteiger partial charge in [-0.1, -0.05) is 12.8 Å². The second kappa shape index (κ2) is 16.3. The Morgan fingerprint density at radius 1 is 1.00 bits per heavy atom. The van der Waals surface area contributed by atoms with Crippen molar-refractivity contribution in [3.8, 4) is 0 Å². The van der Waals surface area contributed by atoms with Gasteiger partial charge in [0.05, 0.1) is 0 Å². The van der Waals surface area contributed by atoms with Crippen LogP contribution in [0.15, 0.2) is 0 Å². The van der Waals surface area contributed by atoms with Gasteiger partial charge < -0.3 is 31.9 Å². The number of hydrogen-bond acceptors (Lipinski definition) is 5. The zero-order valence-corrected chi connectivity index (χ0v) is 14.7. The average molecular weight is 368 g/mol. The maximum Gasteiger partial charge on any atom is 0.269 e. The molecule has 24 heavy (non-hydrogen) atoms. The van der Waals surface area contributed by atoms with Crippen molar-refractivity contribution in [1.82, 2.24) is 16.0 Å². The quantitative estimate of drug-likeness (QED) is 0.0972. The summed E-state index contributed by atoms with van der Waals surface area (Å²) in [5, 5.41) is 32.5. The van der Waals surface area contributed by atoms with E-state index >= 15 is 0 Å². The van der Waals surface area contributed by atoms with E-state index in [1.807, 2.05) is 0 Å². The predicted molar refractivity (Wildman–Crippen MR) is 93.7 cm³/mol. The first-order chi connectivity index (χ1) is 11.0. The van der Waals surface area contributed by atoms with E-state index in [1.165, 1.54) is 0 Å². The van der Waals surface area contributed by atoms with Crippen molar-refractivity contribution in [2.75, 3.05) is 19.7 Å². The maximum atomic E-state index is 11.6. The Kier molecular flexibility index (Phi) is 16.7. The Balaban J connectivity index is 0. The largest absolute Gasteiger partial charge is 0.396 e. The van der Waals surface area contributed by atoms with Crippen molar-refractivity contribution in [1.29, 1.82) is 5.41 Å². The van der Waals surface area contributed by atoms with E-state index in [0.717, 1.165) is 19.3 Å². The zero-order chi connectivity index (χ0) is 17.5. The smallest absolute Gasteiger partial charge is 0.269 e. The fraction of sp³-hybridized carbons (Fsp3) is 0.786. The molecule has 10 heteroatoms. The topological polar surface area (TPSA) is 161 Å². The lowest BCUT2D eigenvalue weighted by Crippen LogP contribution is -2.46. The molecule has 0 spiro atoms. The lowest BCUT2D eigenvalue weighted by atomic mass is 10.1. The molecule has 0 fully saturated rings. The molecule has 9 nitrogen and oxygen atoms in total. The number of amides is 2. The van der Waals surface area contributed by atoms with Crippen LogP contribution in [-0.2, 0) is 9.59 Å². The Labute approximate surface area is 148 Å². The van der Waals surface area contributed by atoms with Crippen molar-refractivity contribution in [2.45, 2.75) is 51.2 Å². The first-order valence-corrected chi connectivity index (χ1v) is 7.91. The highest BCUT2D eigenvalue weighted by Crippen LogP contribution is 2.02. The lowest BCUT2D eigenvalue weighted by molar-refractivity contribution is -0.136. The summed E-state index contributed by atoms with van der Waals surface area (Å²) in [6.07, 6.45) is 3.16. The molecule has 8 N–H and O–H groups in total. The highest BCUT2D eigenvalue weighted by molar-refractivity contribution is 5.86. The Morgan fingerprint density at radius 3 is 2.21 bits per heavy atom. The summed E-state index contributed by atoms with van der Waals surface area (Å²) < 4.78 is 0. The first-order valence-electron chi connectivity index (χ1n) is 7.91. The number of halogens is 1. The third-order valence-corrected chi connectivity index (χ3v) is 3.08. The molecule has 0 saturated heterocycles. The maximum absolute atomic E-state index is 11.6. The van der Waals surface area contributed by atoms with Crippen LogP contribution in [0, 0.1) is 5.41 Å². The van der Waals surface area contributed by atoms with Gasteiger partial charge in [-0.2, -0.15) is 0 Å². The van der Waals surface area contributed by atoms with E-state index in [-0.39, 0.29) is 37.3 Å². The summed E-state index contributed by atoms with van der Waals surface area (Å²) in [4.78, 5) is 23.0. The SMILES string of the molecule is Cl.N=C(N)NCCCCCCC(=O)NC(O)C(=O)NCCCCO. The van der Waals surface area contributed by atoms with Crippen molar-refractivity contribution in [3.05, 3.63) is 0 Å². The molecule has 0 aliphatic rings.